The van der Waals surface area contributed by atoms with Gasteiger partial charge in [-0.3, -0.25) is 0 Å². The van der Waals surface area contributed by atoms with Crippen LogP contribution in [-0.4, -0.2) is 13.4 Å². The minimum absolute atomic E-state index is 0.618. The highest BCUT2D eigenvalue weighted by molar-refractivity contribution is 14.1. The van der Waals surface area contributed by atoms with Crippen LogP contribution in [0, 0.1) is 0 Å². The van der Waals surface area contributed by atoms with Gasteiger partial charge >= 0.3 is 0 Å². The number of ether oxygens (including phenoxy) is 1. The summed E-state index contributed by atoms with van der Waals surface area (Å²) in [6.07, 6.45) is 0.920. The lowest BCUT2D eigenvalue weighted by Crippen LogP contribution is -2.23. The number of hydrogen-bond acceptors (Lipinski definition) is 2. The fourth-order valence-electron chi connectivity index (χ4n) is 1.23. The third kappa shape index (κ3) is 2.40. The number of halogens is 1. The van der Waals surface area contributed by atoms with Crippen molar-refractivity contribution in [3.05, 3.63) is 40.0 Å². The molecule has 0 amide bonds. The Balaban J connectivity index is 3.14. The molecule has 0 saturated heterocycles. The highest BCUT2D eigenvalue weighted by Crippen LogP contribution is 2.33. The van der Waals surface area contributed by atoms with Crippen LogP contribution in [0.15, 0.2) is 34.4 Å². The molecule has 1 aromatic carbocycles. The average molecular weight is 316 g/mol. The van der Waals surface area contributed by atoms with E-state index in [0.717, 1.165) is 21.2 Å². The first-order valence-electron chi connectivity index (χ1n) is 4.50. The summed E-state index contributed by atoms with van der Waals surface area (Å²) in [5, 5.41) is 0. The summed E-state index contributed by atoms with van der Waals surface area (Å²) in [7, 11) is 1.62. The SMILES string of the molecule is C=C(I)C(C)(C=O)c1ccc(OC)cc1. The van der Waals surface area contributed by atoms with Gasteiger partial charge in [0, 0.05) is 3.58 Å². The van der Waals surface area contributed by atoms with E-state index < -0.39 is 5.41 Å². The van der Waals surface area contributed by atoms with Crippen molar-refractivity contribution >= 4 is 28.9 Å². The fourth-order valence-corrected chi connectivity index (χ4v) is 1.66. The zero-order valence-corrected chi connectivity index (χ0v) is 10.9. The van der Waals surface area contributed by atoms with Crippen LogP contribution in [-0.2, 0) is 10.2 Å². The first-order valence-corrected chi connectivity index (χ1v) is 5.58. The Morgan fingerprint density at radius 3 is 2.33 bits per heavy atom. The molecule has 15 heavy (non-hydrogen) atoms. The Morgan fingerprint density at radius 2 is 2.00 bits per heavy atom. The van der Waals surface area contributed by atoms with Gasteiger partial charge in [0.05, 0.1) is 12.5 Å². The van der Waals surface area contributed by atoms with Crippen molar-refractivity contribution in [3.63, 3.8) is 0 Å². The highest BCUT2D eigenvalue weighted by atomic mass is 127. The summed E-state index contributed by atoms with van der Waals surface area (Å²) >= 11 is 2.09. The van der Waals surface area contributed by atoms with E-state index in [1.165, 1.54) is 0 Å². The van der Waals surface area contributed by atoms with Crippen molar-refractivity contribution in [1.29, 1.82) is 0 Å². The quantitative estimate of drug-likeness (QED) is 0.630. The van der Waals surface area contributed by atoms with Crippen LogP contribution < -0.4 is 4.74 Å². The van der Waals surface area contributed by atoms with Crippen LogP contribution in [0.3, 0.4) is 0 Å². The molecule has 0 fully saturated rings. The second-order valence-corrected chi connectivity index (χ2v) is 4.76. The van der Waals surface area contributed by atoms with Crippen LogP contribution in [0.25, 0.3) is 0 Å². The van der Waals surface area contributed by atoms with Crippen molar-refractivity contribution in [2.75, 3.05) is 7.11 Å². The van der Waals surface area contributed by atoms with Gasteiger partial charge in [-0.25, -0.2) is 0 Å². The number of carbonyl (C=O) groups excluding carboxylic acids is 1. The van der Waals surface area contributed by atoms with Crippen LogP contribution in [0.5, 0.6) is 5.75 Å². The maximum Gasteiger partial charge on any atom is 0.135 e. The summed E-state index contributed by atoms with van der Waals surface area (Å²) in [5.41, 5.74) is 0.310. The lowest BCUT2D eigenvalue weighted by molar-refractivity contribution is -0.110. The summed E-state index contributed by atoms with van der Waals surface area (Å²) < 4.78 is 5.87. The molecule has 80 valence electrons. The lowest BCUT2D eigenvalue weighted by Gasteiger charge is -2.22. The molecule has 0 spiro atoms. The highest BCUT2D eigenvalue weighted by Gasteiger charge is 2.28. The third-order valence-electron chi connectivity index (χ3n) is 2.49. The molecule has 1 atom stereocenters. The maximum atomic E-state index is 11.1. The van der Waals surface area contributed by atoms with Crippen molar-refractivity contribution in [1.82, 2.24) is 0 Å². The zero-order valence-electron chi connectivity index (χ0n) is 8.79. The summed E-state index contributed by atoms with van der Waals surface area (Å²) in [4.78, 5) is 11.1. The molecule has 1 rings (SSSR count). The van der Waals surface area contributed by atoms with Crippen molar-refractivity contribution in [2.24, 2.45) is 0 Å². The minimum Gasteiger partial charge on any atom is -0.497 e. The summed E-state index contributed by atoms with van der Waals surface area (Å²) in [5.74, 6) is 0.783. The van der Waals surface area contributed by atoms with Gasteiger partial charge in [0.15, 0.2) is 0 Å². The Kier molecular flexibility index (Phi) is 3.90. The van der Waals surface area contributed by atoms with E-state index in [4.69, 9.17) is 4.74 Å². The topological polar surface area (TPSA) is 26.3 Å². The Bertz CT molecular complexity index is 370. The Hall–Kier alpha value is -0.840. The largest absolute Gasteiger partial charge is 0.497 e. The molecule has 0 bridgehead atoms. The van der Waals surface area contributed by atoms with E-state index >= 15 is 0 Å². The first-order chi connectivity index (χ1) is 7.04. The molecule has 1 aromatic rings. The van der Waals surface area contributed by atoms with E-state index in [-0.39, 0.29) is 0 Å². The predicted molar refractivity (Wildman–Crippen MR) is 69.6 cm³/mol. The molecule has 0 aliphatic heterocycles. The fraction of sp³-hybridized carbons (Fsp3) is 0.250. The van der Waals surface area contributed by atoms with Crippen molar-refractivity contribution < 1.29 is 9.53 Å². The average Bonchev–Trinajstić information content (AvgIpc) is 2.28. The van der Waals surface area contributed by atoms with Crippen LogP contribution >= 0.6 is 22.6 Å². The van der Waals surface area contributed by atoms with Gasteiger partial charge in [0.25, 0.3) is 0 Å². The number of aldehydes is 1. The van der Waals surface area contributed by atoms with Crippen LogP contribution in [0.1, 0.15) is 12.5 Å². The van der Waals surface area contributed by atoms with Gasteiger partial charge in [0.2, 0.25) is 0 Å². The van der Waals surface area contributed by atoms with E-state index in [1.54, 1.807) is 7.11 Å². The van der Waals surface area contributed by atoms with Crippen LogP contribution in [0.4, 0.5) is 0 Å². The zero-order chi connectivity index (χ0) is 11.5. The molecule has 3 heteroatoms. The molecular weight excluding hydrogens is 303 g/mol. The van der Waals surface area contributed by atoms with Crippen LogP contribution in [0.2, 0.25) is 0 Å². The maximum absolute atomic E-state index is 11.1. The number of benzene rings is 1. The van der Waals surface area contributed by atoms with E-state index in [2.05, 4.69) is 29.2 Å². The molecule has 0 radical (unpaired) electrons. The number of carbonyl (C=O) groups is 1. The molecule has 0 N–H and O–H groups in total. The van der Waals surface area contributed by atoms with Gasteiger partial charge in [-0.2, -0.15) is 0 Å². The molecule has 1 unspecified atom stereocenters. The van der Waals surface area contributed by atoms with Gasteiger partial charge in [-0.15, -0.1) is 0 Å². The first kappa shape index (κ1) is 12.2. The smallest absolute Gasteiger partial charge is 0.135 e. The van der Waals surface area contributed by atoms with Gasteiger partial charge in [-0.1, -0.05) is 18.7 Å². The third-order valence-corrected chi connectivity index (χ3v) is 3.61. The molecular formula is C12H13IO2. The second-order valence-electron chi connectivity index (χ2n) is 3.45. The van der Waals surface area contributed by atoms with E-state index in [0.29, 0.717) is 0 Å². The van der Waals surface area contributed by atoms with Crippen molar-refractivity contribution in [3.8, 4) is 5.75 Å². The molecule has 0 aliphatic rings. The second kappa shape index (κ2) is 4.79. The number of hydrogen-bond donors (Lipinski definition) is 0. The predicted octanol–water partition coefficient (Wildman–Crippen LogP) is 3.10. The molecule has 2 nitrogen and oxygen atoms in total. The molecule has 0 saturated carbocycles. The number of allylic oxidation sites excluding steroid dienone is 1. The number of methoxy groups -OCH3 is 1. The molecule has 0 heterocycles. The molecule has 0 aromatic heterocycles. The standard InChI is InChI=1S/C12H13IO2/c1-9(13)12(2,8-14)10-4-6-11(15-3)7-5-10/h4-8H,1H2,2-3H3. The van der Waals surface area contributed by atoms with Gasteiger partial charge in [0.1, 0.15) is 12.0 Å². The Labute approximate surface area is 103 Å². The van der Waals surface area contributed by atoms with Crippen molar-refractivity contribution in [2.45, 2.75) is 12.3 Å². The monoisotopic (exact) mass is 316 g/mol. The van der Waals surface area contributed by atoms with Gasteiger partial charge in [-0.05, 0) is 47.2 Å². The molecule has 0 aliphatic carbocycles. The Morgan fingerprint density at radius 1 is 1.47 bits per heavy atom. The van der Waals surface area contributed by atoms with Gasteiger partial charge < -0.3 is 9.53 Å². The minimum atomic E-state index is -0.618. The lowest BCUT2D eigenvalue weighted by atomic mass is 9.84. The summed E-state index contributed by atoms with van der Waals surface area (Å²) in [6.45, 7) is 5.70. The normalized spacial score (nSPS) is 14.1. The van der Waals surface area contributed by atoms with E-state index in [9.17, 15) is 4.79 Å². The van der Waals surface area contributed by atoms with E-state index in [1.807, 2.05) is 31.2 Å². The number of rotatable bonds is 4. The summed E-state index contributed by atoms with van der Waals surface area (Å²) in [6, 6.07) is 7.46.